The Hall–Kier alpha value is -3.92. The maximum Gasteiger partial charge on any atom is 0.433 e. The highest BCUT2D eigenvalue weighted by Crippen LogP contribution is 2.28. The second-order valence-corrected chi connectivity index (χ2v) is 10.1. The number of carbonyl (C=O) groups excluding carboxylic acids is 1. The monoisotopic (exact) mass is 569 g/mol. The zero-order chi connectivity index (χ0) is 28.1. The zero-order valence-electron chi connectivity index (χ0n) is 21.5. The molecular weight excluding hydrogens is 543 g/mol. The van der Waals surface area contributed by atoms with Crippen molar-refractivity contribution in [2.24, 2.45) is 0 Å². The molecule has 0 bridgehead atoms. The van der Waals surface area contributed by atoms with Gasteiger partial charge in [0.15, 0.2) is 0 Å². The molecule has 0 spiro atoms. The number of anilines is 1. The summed E-state index contributed by atoms with van der Waals surface area (Å²) < 4.78 is 45.3. The van der Waals surface area contributed by atoms with Crippen LogP contribution >= 0.6 is 11.6 Å². The Balaban J connectivity index is 1.28. The van der Waals surface area contributed by atoms with Crippen LogP contribution < -0.4 is 5.32 Å². The number of aromatic nitrogens is 4. The Morgan fingerprint density at radius 2 is 1.88 bits per heavy atom. The summed E-state index contributed by atoms with van der Waals surface area (Å²) in [7, 11) is 0. The normalized spacial score (nSPS) is 16.8. The summed E-state index contributed by atoms with van der Waals surface area (Å²) in [4.78, 5) is 25.4. The molecule has 4 heterocycles. The molecule has 5 rings (SSSR count). The van der Waals surface area contributed by atoms with Crippen LogP contribution in [0.3, 0.4) is 0 Å². The minimum atomic E-state index is -4.47. The molecule has 0 saturated heterocycles. The Kier molecular flexibility index (Phi) is 8.35. The van der Waals surface area contributed by atoms with E-state index in [0.717, 1.165) is 54.7 Å². The summed E-state index contributed by atoms with van der Waals surface area (Å²) in [5.41, 5.74) is 1.86. The lowest BCUT2D eigenvalue weighted by Gasteiger charge is -2.16. The third kappa shape index (κ3) is 6.80. The number of allylic oxidation sites excluding steroid dienone is 1. The van der Waals surface area contributed by atoms with Crippen molar-refractivity contribution in [2.75, 3.05) is 5.32 Å². The molecule has 4 aromatic rings. The average Bonchev–Trinajstić information content (AvgIpc) is 3.27. The van der Waals surface area contributed by atoms with E-state index in [1.165, 1.54) is 23.0 Å². The van der Waals surface area contributed by atoms with Crippen LogP contribution in [0.4, 0.5) is 23.8 Å². The molecule has 40 heavy (non-hydrogen) atoms. The number of fused-ring (bicyclic) bond motifs is 1. The maximum absolute atomic E-state index is 13.1. The molecule has 1 unspecified atom stereocenters. The van der Waals surface area contributed by atoms with Gasteiger partial charge < -0.3 is 10.1 Å². The number of alkyl halides is 3. The molecule has 0 radical (unpaired) electrons. The third-order valence-electron chi connectivity index (χ3n) is 6.66. The van der Waals surface area contributed by atoms with Gasteiger partial charge in [0.2, 0.25) is 0 Å². The molecule has 1 aliphatic rings. The number of nitrogens with one attached hydrogen (secondary N) is 1. The SMILES string of the molecule is O=C(OC1/C=C/CCCCC1)n1cc(Cc2ccc(NCc3ccc(C(F)(F)F)nc3)nc2)c2cc(Cl)cnc21. The number of halogens is 4. The van der Waals surface area contributed by atoms with E-state index >= 15 is 0 Å². The lowest BCUT2D eigenvalue weighted by atomic mass is 10.0. The van der Waals surface area contributed by atoms with Crippen molar-refractivity contribution in [3.63, 3.8) is 0 Å². The number of carbonyl (C=O) groups is 1. The van der Waals surface area contributed by atoms with Crippen molar-refractivity contribution < 1.29 is 22.7 Å². The molecule has 208 valence electrons. The van der Waals surface area contributed by atoms with Gasteiger partial charge in [-0.2, -0.15) is 13.2 Å². The molecule has 0 amide bonds. The van der Waals surface area contributed by atoms with Gasteiger partial charge in [-0.05, 0) is 66.6 Å². The van der Waals surface area contributed by atoms with Gasteiger partial charge in [0.1, 0.15) is 23.3 Å². The van der Waals surface area contributed by atoms with Gasteiger partial charge in [-0.15, -0.1) is 0 Å². The molecule has 7 nitrogen and oxygen atoms in total. The van der Waals surface area contributed by atoms with Crippen LogP contribution in [0.2, 0.25) is 5.02 Å². The fourth-order valence-electron chi connectivity index (χ4n) is 4.58. The molecule has 0 aliphatic heterocycles. The highest BCUT2D eigenvalue weighted by atomic mass is 35.5. The molecule has 1 aliphatic carbocycles. The van der Waals surface area contributed by atoms with E-state index in [1.807, 2.05) is 12.1 Å². The first-order valence-corrected chi connectivity index (χ1v) is 13.4. The maximum atomic E-state index is 13.1. The van der Waals surface area contributed by atoms with Gasteiger partial charge >= 0.3 is 12.3 Å². The predicted molar refractivity (Wildman–Crippen MR) is 146 cm³/mol. The standard InChI is InChI=1S/C29H27ClF3N5O2/c30-22-13-24-21(18-38(27(24)37-17-22)28(39)40-23-6-4-2-1-3-5-7-23)12-19-9-11-26(35-14-19)36-16-20-8-10-25(34-15-20)29(31,32)33/h4,6,8-11,13-15,17-18,23H,1-3,5,7,12,16H2,(H,35,36)/b6-4+. The summed E-state index contributed by atoms with van der Waals surface area (Å²) in [6, 6.07) is 7.78. The van der Waals surface area contributed by atoms with Crippen molar-refractivity contribution in [3.05, 3.63) is 94.7 Å². The number of hydrogen-bond donors (Lipinski definition) is 1. The largest absolute Gasteiger partial charge is 0.441 e. The van der Waals surface area contributed by atoms with Crippen LogP contribution in [0, 0.1) is 0 Å². The van der Waals surface area contributed by atoms with Crippen molar-refractivity contribution >= 4 is 34.5 Å². The van der Waals surface area contributed by atoms with Gasteiger partial charge in [-0.1, -0.05) is 36.2 Å². The van der Waals surface area contributed by atoms with Crippen LogP contribution in [0.5, 0.6) is 0 Å². The highest BCUT2D eigenvalue weighted by Gasteiger charge is 2.32. The summed E-state index contributed by atoms with van der Waals surface area (Å²) in [6.45, 7) is 0.271. The van der Waals surface area contributed by atoms with E-state index in [1.54, 1.807) is 24.5 Å². The summed E-state index contributed by atoms with van der Waals surface area (Å²) in [5, 5.41) is 4.28. The minimum absolute atomic E-state index is 0.271. The van der Waals surface area contributed by atoms with Gasteiger partial charge in [-0.3, -0.25) is 4.98 Å². The Labute approximate surface area is 234 Å². The van der Waals surface area contributed by atoms with E-state index in [0.29, 0.717) is 28.5 Å². The van der Waals surface area contributed by atoms with E-state index in [2.05, 4.69) is 26.3 Å². The number of hydrogen-bond acceptors (Lipinski definition) is 6. The lowest BCUT2D eigenvalue weighted by Crippen LogP contribution is -2.21. The van der Waals surface area contributed by atoms with Gasteiger partial charge in [0, 0.05) is 43.1 Å². The van der Waals surface area contributed by atoms with E-state index < -0.39 is 18.0 Å². The summed E-state index contributed by atoms with van der Waals surface area (Å²) in [5.74, 6) is 0.562. The van der Waals surface area contributed by atoms with Crippen LogP contribution in [0.1, 0.15) is 54.5 Å². The highest BCUT2D eigenvalue weighted by molar-refractivity contribution is 6.31. The van der Waals surface area contributed by atoms with E-state index in [9.17, 15) is 18.0 Å². The predicted octanol–water partition coefficient (Wildman–Crippen LogP) is 7.58. The first-order chi connectivity index (χ1) is 19.3. The second kappa shape index (κ2) is 12.1. The topological polar surface area (TPSA) is 81.9 Å². The number of rotatable bonds is 6. The second-order valence-electron chi connectivity index (χ2n) is 9.67. The summed E-state index contributed by atoms with van der Waals surface area (Å²) >= 11 is 6.23. The van der Waals surface area contributed by atoms with Crippen LogP contribution in [0.15, 0.2) is 67.3 Å². The smallest absolute Gasteiger partial charge is 0.433 e. The van der Waals surface area contributed by atoms with Crippen LogP contribution in [-0.2, 0) is 23.9 Å². The Morgan fingerprint density at radius 3 is 2.62 bits per heavy atom. The molecule has 0 fully saturated rings. The molecule has 11 heteroatoms. The van der Waals surface area contributed by atoms with E-state index in [4.69, 9.17) is 16.3 Å². The molecular formula is C29H27ClF3N5O2. The third-order valence-corrected chi connectivity index (χ3v) is 6.87. The van der Waals surface area contributed by atoms with Gasteiger partial charge in [0.05, 0.1) is 5.02 Å². The van der Waals surface area contributed by atoms with Crippen molar-refractivity contribution in [3.8, 4) is 0 Å². The minimum Gasteiger partial charge on any atom is -0.441 e. The van der Waals surface area contributed by atoms with E-state index in [-0.39, 0.29) is 12.6 Å². The lowest BCUT2D eigenvalue weighted by molar-refractivity contribution is -0.141. The quantitative estimate of drug-likeness (QED) is 0.241. The van der Waals surface area contributed by atoms with Gasteiger partial charge in [-0.25, -0.2) is 19.3 Å². The first kappa shape index (κ1) is 27.6. The fraction of sp³-hybridized carbons (Fsp3) is 0.310. The molecule has 0 saturated carbocycles. The average molecular weight is 570 g/mol. The van der Waals surface area contributed by atoms with Crippen molar-refractivity contribution in [1.29, 1.82) is 0 Å². The van der Waals surface area contributed by atoms with Crippen molar-refractivity contribution in [1.82, 2.24) is 19.5 Å². The number of pyridine rings is 3. The van der Waals surface area contributed by atoms with Gasteiger partial charge in [0.25, 0.3) is 0 Å². The first-order valence-electron chi connectivity index (χ1n) is 13.0. The number of nitrogens with zero attached hydrogens (tertiary/aromatic N) is 4. The number of ether oxygens (including phenoxy) is 1. The van der Waals surface area contributed by atoms with Crippen LogP contribution in [-0.4, -0.2) is 31.7 Å². The molecule has 4 aromatic heterocycles. The van der Waals surface area contributed by atoms with Crippen LogP contribution in [0.25, 0.3) is 11.0 Å². The molecule has 1 N–H and O–H groups in total. The molecule has 1 atom stereocenters. The molecule has 0 aromatic carbocycles. The zero-order valence-corrected chi connectivity index (χ0v) is 22.3. The fourth-order valence-corrected chi connectivity index (χ4v) is 4.74. The summed E-state index contributed by atoms with van der Waals surface area (Å²) in [6.07, 6.45) is 10.4. The Bertz CT molecular complexity index is 1500. The van der Waals surface area contributed by atoms with Crippen molar-refractivity contribution in [2.45, 2.75) is 57.3 Å². The Morgan fingerprint density at radius 1 is 1.05 bits per heavy atom.